The van der Waals surface area contributed by atoms with Gasteiger partial charge in [0.1, 0.15) is 0 Å². The molecule has 1 heterocycles. The van der Waals surface area contributed by atoms with Gasteiger partial charge in [-0.1, -0.05) is 30.0 Å². The lowest BCUT2D eigenvalue weighted by Crippen LogP contribution is -2.24. The Bertz CT molecular complexity index is 710. The Morgan fingerprint density at radius 1 is 1.35 bits per heavy atom. The highest BCUT2D eigenvalue weighted by atomic mass is 32.2. The first-order valence-electron chi connectivity index (χ1n) is 5.91. The molecule has 0 saturated heterocycles. The number of hydrogen-bond donors (Lipinski definition) is 0. The van der Waals surface area contributed by atoms with Crippen LogP contribution in [0.3, 0.4) is 0 Å². The molecule has 0 fully saturated rings. The molecule has 104 valence electrons. The highest BCUT2D eigenvalue weighted by molar-refractivity contribution is 7.98. The molecule has 0 radical (unpaired) electrons. The van der Waals surface area contributed by atoms with Crippen molar-refractivity contribution in [1.82, 2.24) is 9.55 Å². The summed E-state index contributed by atoms with van der Waals surface area (Å²) in [6.07, 6.45) is 1.80. The first-order valence-corrected chi connectivity index (χ1v) is 7.13. The molecule has 0 atom stereocenters. The van der Waals surface area contributed by atoms with Crippen LogP contribution < -0.4 is 5.56 Å². The molecule has 0 saturated carbocycles. The molecule has 20 heavy (non-hydrogen) atoms. The van der Waals surface area contributed by atoms with Crippen LogP contribution in [0.5, 0.6) is 0 Å². The molecule has 0 unspecified atom stereocenters. The van der Waals surface area contributed by atoms with Crippen molar-refractivity contribution in [2.24, 2.45) is 0 Å². The minimum atomic E-state index is -0.616. The number of carbonyl (C=O) groups is 1. The van der Waals surface area contributed by atoms with E-state index in [1.54, 1.807) is 6.26 Å². The van der Waals surface area contributed by atoms with Crippen molar-refractivity contribution in [3.8, 4) is 5.69 Å². The van der Waals surface area contributed by atoms with Gasteiger partial charge in [0, 0.05) is 6.07 Å². The van der Waals surface area contributed by atoms with E-state index in [0.717, 1.165) is 11.3 Å². The normalized spacial score (nSPS) is 10.3. The second kappa shape index (κ2) is 5.92. The summed E-state index contributed by atoms with van der Waals surface area (Å²) in [5, 5.41) is 0.451. The summed E-state index contributed by atoms with van der Waals surface area (Å²) in [6.45, 7) is 1.92. The molecule has 2 aromatic rings. The molecule has 0 aliphatic heterocycles. The fourth-order valence-electron chi connectivity index (χ4n) is 1.84. The molecule has 1 aromatic heterocycles. The van der Waals surface area contributed by atoms with Crippen LogP contribution >= 0.6 is 11.8 Å². The summed E-state index contributed by atoms with van der Waals surface area (Å²) in [4.78, 5) is 28.0. The number of ether oxygens (including phenoxy) is 1. The van der Waals surface area contributed by atoms with Gasteiger partial charge in [0.15, 0.2) is 10.9 Å². The van der Waals surface area contributed by atoms with Crippen LogP contribution in [0.4, 0.5) is 0 Å². The molecular formula is C14H14N2O3S. The van der Waals surface area contributed by atoms with Gasteiger partial charge in [-0.25, -0.2) is 9.78 Å². The van der Waals surface area contributed by atoms with Crippen LogP contribution in [0.2, 0.25) is 0 Å². The largest absolute Gasteiger partial charge is 0.464 e. The maximum Gasteiger partial charge on any atom is 0.356 e. The quantitative estimate of drug-likeness (QED) is 0.492. The van der Waals surface area contributed by atoms with E-state index in [9.17, 15) is 9.59 Å². The van der Waals surface area contributed by atoms with Crippen LogP contribution in [0.1, 0.15) is 16.1 Å². The smallest absolute Gasteiger partial charge is 0.356 e. The Hall–Kier alpha value is -2.08. The number of aryl methyl sites for hydroxylation is 1. The lowest BCUT2D eigenvalue weighted by atomic mass is 10.2. The number of para-hydroxylation sites is 1. The summed E-state index contributed by atoms with van der Waals surface area (Å²) in [6, 6.07) is 8.71. The number of esters is 1. The number of thioether (sulfide) groups is 1. The van der Waals surface area contributed by atoms with Crippen molar-refractivity contribution >= 4 is 17.7 Å². The second-order valence-corrected chi connectivity index (χ2v) is 4.85. The SMILES string of the molecule is COC(=O)c1cc(=O)n(-c2ccccc2C)c(SC)n1. The Balaban J connectivity index is 2.69. The van der Waals surface area contributed by atoms with Gasteiger partial charge >= 0.3 is 5.97 Å². The van der Waals surface area contributed by atoms with Crippen LogP contribution in [0.25, 0.3) is 5.69 Å². The molecule has 0 aliphatic carbocycles. The molecule has 5 nitrogen and oxygen atoms in total. The zero-order valence-corrected chi connectivity index (χ0v) is 12.2. The van der Waals surface area contributed by atoms with E-state index in [0.29, 0.717) is 5.16 Å². The van der Waals surface area contributed by atoms with Gasteiger partial charge in [0.05, 0.1) is 12.8 Å². The molecule has 0 bridgehead atoms. The Kier molecular flexibility index (Phi) is 4.24. The number of hydrogen-bond acceptors (Lipinski definition) is 5. The predicted molar refractivity (Wildman–Crippen MR) is 77.7 cm³/mol. The van der Waals surface area contributed by atoms with Gasteiger partial charge in [-0.15, -0.1) is 0 Å². The average Bonchev–Trinajstić information content (AvgIpc) is 2.46. The van der Waals surface area contributed by atoms with E-state index in [2.05, 4.69) is 9.72 Å². The Morgan fingerprint density at radius 3 is 2.65 bits per heavy atom. The fraction of sp³-hybridized carbons (Fsp3) is 0.214. The number of aromatic nitrogens is 2. The maximum atomic E-state index is 12.3. The lowest BCUT2D eigenvalue weighted by Gasteiger charge is -2.13. The van der Waals surface area contributed by atoms with Gasteiger partial charge in [-0.05, 0) is 24.8 Å². The monoisotopic (exact) mass is 290 g/mol. The summed E-state index contributed by atoms with van der Waals surface area (Å²) in [5.41, 5.74) is 1.43. The van der Waals surface area contributed by atoms with Crippen LogP contribution in [-0.4, -0.2) is 28.9 Å². The summed E-state index contributed by atoms with van der Waals surface area (Å²) < 4.78 is 6.09. The van der Waals surface area contributed by atoms with E-state index in [1.165, 1.54) is 29.5 Å². The lowest BCUT2D eigenvalue weighted by molar-refractivity contribution is 0.0592. The van der Waals surface area contributed by atoms with E-state index >= 15 is 0 Å². The molecular weight excluding hydrogens is 276 g/mol. The van der Waals surface area contributed by atoms with Crippen molar-refractivity contribution in [2.45, 2.75) is 12.1 Å². The minimum absolute atomic E-state index is 0.0201. The van der Waals surface area contributed by atoms with Crippen molar-refractivity contribution in [2.75, 3.05) is 13.4 Å². The molecule has 6 heteroatoms. The third kappa shape index (κ3) is 2.60. The first kappa shape index (κ1) is 14.3. The van der Waals surface area contributed by atoms with Crippen molar-refractivity contribution < 1.29 is 9.53 Å². The third-order valence-corrected chi connectivity index (χ3v) is 3.46. The zero-order valence-electron chi connectivity index (χ0n) is 11.4. The standard InChI is InChI=1S/C14H14N2O3S/c1-9-6-4-5-7-11(9)16-12(17)8-10(13(18)19-2)15-14(16)20-3/h4-8H,1-3H3. The maximum absolute atomic E-state index is 12.3. The van der Waals surface area contributed by atoms with Crippen molar-refractivity contribution in [3.63, 3.8) is 0 Å². The van der Waals surface area contributed by atoms with Gasteiger partial charge in [0.2, 0.25) is 0 Å². The van der Waals surface area contributed by atoms with Gasteiger partial charge in [0.25, 0.3) is 5.56 Å². The number of benzene rings is 1. The Morgan fingerprint density at radius 2 is 2.05 bits per heavy atom. The topological polar surface area (TPSA) is 61.2 Å². The molecule has 0 spiro atoms. The predicted octanol–water partition coefficient (Wildman–Crippen LogP) is 2.05. The molecule has 1 aromatic carbocycles. The number of rotatable bonds is 3. The molecule has 0 N–H and O–H groups in total. The molecule has 0 amide bonds. The van der Waals surface area contributed by atoms with Gasteiger partial charge in [-0.3, -0.25) is 9.36 Å². The number of carbonyl (C=O) groups excluding carboxylic acids is 1. The minimum Gasteiger partial charge on any atom is -0.464 e. The third-order valence-electron chi connectivity index (χ3n) is 2.82. The highest BCUT2D eigenvalue weighted by Crippen LogP contribution is 2.18. The van der Waals surface area contributed by atoms with E-state index in [-0.39, 0.29) is 11.3 Å². The molecule has 2 rings (SSSR count). The van der Waals surface area contributed by atoms with E-state index in [4.69, 9.17) is 0 Å². The van der Waals surface area contributed by atoms with E-state index in [1.807, 2.05) is 31.2 Å². The van der Waals surface area contributed by atoms with E-state index < -0.39 is 5.97 Å². The zero-order chi connectivity index (χ0) is 14.7. The fourth-order valence-corrected chi connectivity index (χ4v) is 2.40. The van der Waals surface area contributed by atoms with Crippen LogP contribution in [0, 0.1) is 6.92 Å². The first-order chi connectivity index (χ1) is 9.58. The number of nitrogens with zero attached hydrogens (tertiary/aromatic N) is 2. The van der Waals surface area contributed by atoms with Crippen LogP contribution in [0.15, 0.2) is 40.3 Å². The molecule has 0 aliphatic rings. The van der Waals surface area contributed by atoms with Gasteiger partial charge in [-0.2, -0.15) is 0 Å². The van der Waals surface area contributed by atoms with Crippen molar-refractivity contribution in [3.05, 3.63) is 51.9 Å². The average molecular weight is 290 g/mol. The Labute approximate surface area is 120 Å². The van der Waals surface area contributed by atoms with Crippen LogP contribution in [-0.2, 0) is 4.74 Å². The summed E-state index contributed by atoms with van der Waals surface area (Å²) in [7, 11) is 1.26. The van der Waals surface area contributed by atoms with Crippen molar-refractivity contribution in [1.29, 1.82) is 0 Å². The summed E-state index contributed by atoms with van der Waals surface area (Å²) >= 11 is 1.30. The highest BCUT2D eigenvalue weighted by Gasteiger charge is 2.15. The second-order valence-electron chi connectivity index (χ2n) is 4.08. The number of methoxy groups -OCH3 is 1. The van der Waals surface area contributed by atoms with Gasteiger partial charge < -0.3 is 4.74 Å². The summed E-state index contributed by atoms with van der Waals surface area (Å²) in [5.74, 6) is -0.616.